The van der Waals surface area contributed by atoms with Gasteiger partial charge < -0.3 is 9.47 Å². The van der Waals surface area contributed by atoms with E-state index in [9.17, 15) is 17.6 Å². The maximum Gasteiger partial charge on any atom is 0.416 e. The fourth-order valence-electron chi connectivity index (χ4n) is 5.04. The van der Waals surface area contributed by atoms with Gasteiger partial charge in [-0.05, 0) is 73.5 Å². The Morgan fingerprint density at radius 3 is 2.68 bits per heavy atom. The van der Waals surface area contributed by atoms with Crippen molar-refractivity contribution in [3.05, 3.63) is 59.7 Å². The summed E-state index contributed by atoms with van der Waals surface area (Å²) < 4.78 is 54.9. The lowest BCUT2D eigenvalue weighted by atomic mass is 9.97. The maximum atomic E-state index is 14.4. The number of hydrogen-bond acceptors (Lipinski definition) is 5. The first-order valence-corrected chi connectivity index (χ1v) is 12.3. The standard InChI is InChI=1S/C24H25F4N5S/c1-32-21(16-5-8-29-9-6-16)30-31-22(32)34-12-2-10-33-11-7-23(15-33)14-19(23)18-4-3-17(13-20(18)25)24(26,27)28/h3-6,8-9,13,19H,2,7,10-12,14-15H2,1H3/t19-,23-/m1/s1. The predicted octanol–water partition coefficient (Wildman–Crippen LogP) is 5.40. The van der Waals surface area contributed by atoms with Gasteiger partial charge in [-0.25, -0.2) is 4.39 Å². The summed E-state index contributed by atoms with van der Waals surface area (Å²) in [5, 5.41) is 9.46. The van der Waals surface area contributed by atoms with Crippen LogP contribution < -0.4 is 0 Å². The number of nitrogens with zero attached hydrogens (tertiary/aromatic N) is 5. The van der Waals surface area contributed by atoms with Gasteiger partial charge in [-0.1, -0.05) is 17.8 Å². The highest BCUT2D eigenvalue weighted by molar-refractivity contribution is 7.99. The molecule has 0 unspecified atom stereocenters. The molecule has 0 N–H and O–H groups in total. The number of thioether (sulfide) groups is 1. The lowest BCUT2D eigenvalue weighted by Gasteiger charge is -2.16. The summed E-state index contributed by atoms with van der Waals surface area (Å²) >= 11 is 1.67. The molecule has 3 heterocycles. The molecule has 34 heavy (non-hydrogen) atoms. The van der Waals surface area contributed by atoms with E-state index in [1.165, 1.54) is 6.07 Å². The van der Waals surface area contributed by atoms with Gasteiger partial charge in [0.1, 0.15) is 5.82 Å². The Morgan fingerprint density at radius 1 is 1.15 bits per heavy atom. The van der Waals surface area contributed by atoms with Crippen LogP contribution >= 0.6 is 11.8 Å². The number of halogens is 4. The van der Waals surface area contributed by atoms with Gasteiger partial charge in [0.2, 0.25) is 0 Å². The van der Waals surface area contributed by atoms with E-state index in [1.807, 2.05) is 23.7 Å². The summed E-state index contributed by atoms with van der Waals surface area (Å²) in [6.07, 6.45) is 1.74. The van der Waals surface area contributed by atoms with Gasteiger partial charge in [0.15, 0.2) is 11.0 Å². The van der Waals surface area contributed by atoms with Crippen molar-refractivity contribution in [2.45, 2.75) is 36.5 Å². The van der Waals surface area contributed by atoms with E-state index in [1.54, 1.807) is 24.2 Å². The van der Waals surface area contributed by atoms with Crippen molar-refractivity contribution in [2.75, 3.05) is 25.4 Å². The molecule has 1 aliphatic carbocycles. The number of likely N-dealkylation sites (tertiary alicyclic amines) is 1. The van der Waals surface area contributed by atoms with Crippen LogP contribution in [0.3, 0.4) is 0 Å². The molecule has 0 radical (unpaired) electrons. The molecular weight excluding hydrogens is 466 g/mol. The van der Waals surface area contributed by atoms with E-state index >= 15 is 0 Å². The van der Waals surface area contributed by atoms with Gasteiger partial charge >= 0.3 is 6.18 Å². The Hall–Kier alpha value is -2.46. The molecule has 1 saturated carbocycles. The Kier molecular flexibility index (Phi) is 6.14. The minimum absolute atomic E-state index is 0.0107. The van der Waals surface area contributed by atoms with Crippen molar-refractivity contribution >= 4 is 11.8 Å². The van der Waals surface area contributed by atoms with E-state index in [0.29, 0.717) is 11.6 Å². The molecular formula is C24H25F4N5S. The zero-order valence-corrected chi connectivity index (χ0v) is 19.5. The van der Waals surface area contributed by atoms with Crippen LogP contribution in [-0.4, -0.2) is 50.0 Å². The van der Waals surface area contributed by atoms with Crippen molar-refractivity contribution in [3.63, 3.8) is 0 Å². The van der Waals surface area contributed by atoms with Crippen molar-refractivity contribution in [2.24, 2.45) is 12.5 Å². The number of pyridine rings is 1. The van der Waals surface area contributed by atoms with Gasteiger partial charge in [0, 0.05) is 37.3 Å². The minimum Gasteiger partial charge on any atom is -0.305 e. The van der Waals surface area contributed by atoms with E-state index in [4.69, 9.17) is 0 Å². The zero-order chi connectivity index (χ0) is 23.9. The highest BCUT2D eigenvalue weighted by Gasteiger charge is 2.58. The third-order valence-electron chi connectivity index (χ3n) is 6.98. The summed E-state index contributed by atoms with van der Waals surface area (Å²) in [6.45, 7) is 2.75. The normalized spacial score (nSPS) is 22.6. The lowest BCUT2D eigenvalue weighted by Crippen LogP contribution is -2.23. The molecule has 5 rings (SSSR count). The van der Waals surface area contributed by atoms with Crippen molar-refractivity contribution in [1.82, 2.24) is 24.6 Å². The van der Waals surface area contributed by atoms with Gasteiger partial charge in [-0.3, -0.25) is 4.98 Å². The molecule has 2 fully saturated rings. The van der Waals surface area contributed by atoms with E-state index in [0.717, 1.165) is 67.3 Å². The number of rotatable bonds is 7. The first kappa shape index (κ1) is 23.3. The molecule has 180 valence electrons. The quantitative estimate of drug-likeness (QED) is 0.252. The molecule has 2 aliphatic rings. The molecule has 1 saturated heterocycles. The summed E-state index contributed by atoms with van der Waals surface area (Å²) in [6, 6.07) is 6.78. The van der Waals surface area contributed by atoms with Crippen molar-refractivity contribution in [1.29, 1.82) is 0 Å². The van der Waals surface area contributed by atoms with Crippen LogP contribution in [0.25, 0.3) is 11.4 Å². The third kappa shape index (κ3) is 4.57. The molecule has 3 aromatic rings. The number of aromatic nitrogens is 4. The van der Waals surface area contributed by atoms with Crippen molar-refractivity contribution < 1.29 is 17.6 Å². The zero-order valence-electron chi connectivity index (χ0n) is 18.7. The molecule has 2 aromatic heterocycles. The highest BCUT2D eigenvalue weighted by Crippen LogP contribution is 2.64. The van der Waals surface area contributed by atoms with Crippen LogP contribution in [0.2, 0.25) is 0 Å². The van der Waals surface area contributed by atoms with Crippen LogP contribution in [0.5, 0.6) is 0 Å². The molecule has 0 bridgehead atoms. The monoisotopic (exact) mass is 491 g/mol. The molecule has 10 heteroatoms. The average molecular weight is 492 g/mol. The second kappa shape index (κ2) is 8.96. The SMILES string of the molecule is Cn1c(SCCCN2CC[C@@]3(C[C@@H]3c3ccc(C(F)(F)F)cc3F)C2)nnc1-c1ccncc1. The average Bonchev–Trinajstić information content (AvgIpc) is 3.14. The molecule has 2 atom stereocenters. The number of benzene rings is 1. The predicted molar refractivity (Wildman–Crippen MR) is 122 cm³/mol. The van der Waals surface area contributed by atoms with E-state index in [-0.39, 0.29) is 11.3 Å². The van der Waals surface area contributed by atoms with Crippen molar-refractivity contribution in [3.8, 4) is 11.4 Å². The molecule has 1 aliphatic heterocycles. The van der Waals surface area contributed by atoms with Crippen LogP contribution in [0.4, 0.5) is 17.6 Å². The fourth-order valence-corrected chi connectivity index (χ4v) is 5.88. The minimum atomic E-state index is -4.52. The summed E-state index contributed by atoms with van der Waals surface area (Å²) in [5.74, 6) is 0.991. The Morgan fingerprint density at radius 2 is 1.94 bits per heavy atom. The van der Waals surface area contributed by atoms with Gasteiger partial charge in [-0.15, -0.1) is 10.2 Å². The third-order valence-corrected chi connectivity index (χ3v) is 8.09. The molecule has 5 nitrogen and oxygen atoms in total. The highest BCUT2D eigenvalue weighted by atomic mass is 32.2. The number of hydrogen-bond donors (Lipinski definition) is 0. The van der Waals surface area contributed by atoms with Gasteiger partial charge in [-0.2, -0.15) is 13.2 Å². The first-order valence-electron chi connectivity index (χ1n) is 11.3. The smallest absolute Gasteiger partial charge is 0.305 e. The first-order chi connectivity index (χ1) is 16.3. The summed E-state index contributed by atoms with van der Waals surface area (Å²) in [5.41, 5.74) is 0.488. The van der Waals surface area contributed by atoms with Crippen LogP contribution in [0.1, 0.15) is 36.3 Å². The largest absolute Gasteiger partial charge is 0.416 e. The summed E-state index contributed by atoms with van der Waals surface area (Å²) in [4.78, 5) is 6.42. The molecule has 0 amide bonds. The van der Waals surface area contributed by atoms with Gasteiger partial charge in [0.25, 0.3) is 0 Å². The molecule has 1 spiro atoms. The second-order valence-corrected chi connectivity index (χ2v) is 10.2. The maximum absolute atomic E-state index is 14.4. The second-order valence-electron chi connectivity index (χ2n) is 9.18. The lowest BCUT2D eigenvalue weighted by molar-refractivity contribution is -0.137. The van der Waals surface area contributed by atoms with E-state index in [2.05, 4.69) is 20.1 Å². The van der Waals surface area contributed by atoms with Crippen LogP contribution in [0, 0.1) is 11.2 Å². The Balaban J connectivity index is 1.11. The summed E-state index contributed by atoms with van der Waals surface area (Å²) in [7, 11) is 1.95. The topological polar surface area (TPSA) is 46.8 Å². The molecule has 1 aromatic carbocycles. The Labute approximate surface area is 199 Å². The van der Waals surface area contributed by atoms with E-state index < -0.39 is 17.6 Å². The number of alkyl halides is 3. The van der Waals surface area contributed by atoms with Crippen LogP contribution in [0.15, 0.2) is 47.9 Å². The van der Waals surface area contributed by atoms with Gasteiger partial charge in [0.05, 0.1) is 5.56 Å². The fraction of sp³-hybridized carbons (Fsp3) is 0.458. The van der Waals surface area contributed by atoms with Crippen LogP contribution in [-0.2, 0) is 13.2 Å². The Bertz CT molecular complexity index is 1170.